The summed E-state index contributed by atoms with van der Waals surface area (Å²) in [5.74, 6) is 0.891. The van der Waals surface area contributed by atoms with Gasteiger partial charge in [-0.1, -0.05) is 0 Å². The van der Waals surface area contributed by atoms with Crippen molar-refractivity contribution in [2.24, 2.45) is 7.05 Å². The Morgan fingerprint density at radius 1 is 1.50 bits per heavy atom. The van der Waals surface area contributed by atoms with Gasteiger partial charge in [-0.15, -0.1) is 0 Å². The Bertz CT molecular complexity index is 501. The molecule has 86 valence electrons. The van der Waals surface area contributed by atoms with E-state index >= 15 is 0 Å². The highest BCUT2D eigenvalue weighted by atomic mass is 79.9. The molecule has 2 heterocycles. The number of aryl methyl sites for hydroxylation is 2. The summed E-state index contributed by atoms with van der Waals surface area (Å²) in [6.07, 6.45) is 1.67. The highest BCUT2D eigenvalue weighted by molar-refractivity contribution is 9.10. The van der Waals surface area contributed by atoms with Crippen LogP contribution in [0.1, 0.15) is 17.1 Å². The van der Waals surface area contributed by atoms with Crippen LogP contribution in [0.25, 0.3) is 0 Å². The number of aromatic nitrogens is 2. The molecule has 0 aliphatic heterocycles. The summed E-state index contributed by atoms with van der Waals surface area (Å²) < 4.78 is 8.19. The first-order chi connectivity index (χ1) is 7.59. The van der Waals surface area contributed by atoms with Gasteiger partial charge in [0.05, 0.1) is 34.4 Å². The Kier molecular flexibility index (Phi) is 3.05. The van der Waals surface area contributed by atoms with Gasteiger partial charge in [-0.05, 0) is 35.8 Å². The fourth-order valence-corrected chi connectivity index (χ4v) is 1.99. The van der Waals surface area contributed by atoms with E-state index in [0.717, 1.165) is 27.3 Å². The van der Waals surface area contributed by atoms with Crippen LogP contribution in [0, 0.1) is 13.8 Å². The van der Waals surface area contributed by atoms with Crippen molar-refractivity contribution in [2.75, 3.05) is 5.32 Å². The molecule has 16 heavy (non-hydrogen) atoms. The van der Waals surface area contributed by atoms with E-state index in [1.807, 2.05) is 31.6 Å². The number of furan rings is 1. The highest BCUT2D eigenvalue weighted by Crippen LogP contribution is 2.22. The number of nitrogens with zero attached hydrogens (tertiary/aromatic N) is 2. The van der Waals surface area contributed by atoms with Crippen molar-refractivity contribution in [3.63, 3.8) is 0 Å². The highest BCUT2D eigenvalue weighted by Gasteiger charge is 2.10. The zero-order valence-corrected chi connectivity index (χ0v) is 11.1. The van der Waals surface area contributed by atoms with E-state index < -0.39 is 0 Å². The molecule has 0 amide bonds. The second kappa shape index (κ2) is 4.33. The maximum Gasteiger partial charge on any atom is 0.136 e. The molecule has 2 aromatic rings. The van der Waals surface area contributed by atoms with E-state index in [-0.39, 0.29) is 0 Å². The van der Waals surface area contributed by atoms with Crippen molar-refractivity contribution >= 4 is 21.6 Å². The summed E-state index contributed by atoms with van der Waals surface area (Å²) in [7, 11) is 1.94. The lowest BCUT2D eigenvalue weighted by atomic mass is 10.3. The molecule has 0 bridgehead atoms. The van der Waals surface area contributed by atoms with Crippen molar-refractivity contribution in [3.8, 4) is 0 Å². The standard InChI is InChI=1S/C11H14BrN3O/c1-7-11(8(2)15(3)14-7)13-6-10-9(12)4-5-16-10/h4-5,13H,6H2,1-3H3. The number of halogens is 1. The van der Waals surface area contributed by atoms with Crippen molar-refractivity contribution in [3.05, 3.63) is 34.0 Å². The van der Waals surface area contributed by atoms with Crippen LogP contribution in [-0.4, -0.2) is 9.78 Å². The number of anilines is 1. The lowest BCUT2D eigenvalue weighted by molar-refractivity contribution is 0.516. The van der Waals surface area contributed by atoms with Gasteiger partial charge in [0, 0.05) is 7.05 Å². The van der Waals surface area contributed by atoms with Crippen LogP contribution in [0.5, 0.6) is 0 Å². The number of nitrogens with one attached hydrogen (secondary N) is 1. The lowest BCUT2D eigenvalue weighted by Crippen LogP contribution is -2.01. The second-order valence-electron chi connectivity index (χ2n) is 3.71. The third-order valence-electron chi connectivity index (χ3n) is 2.63. The molecular formula is C11H14BrN3O. The quantitative estimate of drug-likeness (QED) is 0.942. The Balaban J connectivity index is 2.13. The lowest BCUT2D eigenvalue weighted by Gasteiger charge is -2.05. The minimum atomic E-state index is 0.654. The van der Waals surface area contributed by atoms with Gasteiger partial charge in [0.2, 0.25) is 0 Å². The summed E-state index contributed by atoms with van der Waals surface area (Å²) in [4.78, 5) is 0. The Labute approximate surface area is 103 Å². The van der Waals surface area contributed by atoms with Gasteiger partial charge in [0.25, 0.3) is 0 Å². The topological polar surface area (TPSA) is 43.0 Å². The number of hydrogen-bond donors (Lipinski definition) is 1. The first-order valence-corrected chi connectivity index (χ1v) is 5.85. The van der Waals surface area contributed by atoms with Crippen LogP contribution in [0.4, 0.5) is 5.69 Å². The molecular weight excluding hydrogens is 270 g/mol. The zero-order valence-electron chi connectivity index (χ0n) is 9.54. The van der Waals surface area contributed by atoms with Gasteiger partial charge in [0.15, 0.2) is 0 Å². The van der Waals surface area contributed by atoms with E-state index in [0.29, 0.717) is 6.54 Å². The maximum absolute atomic E-state index is 5.34. The van der Waals surface area contributed by atoms with Crippen molar-refractivity contribution in [1.82, 2.24) is 9.78 Å². The first kappa shape index (κ1) is 11.3. The van der Waals surface area contributed by atoms with Crippen molar-refractivity contribution < 1.29 is 4.42 Å². The monoisotopic (exact) mass is 283 g/mol. The van der Waals surface area contributed by atoms with Gasteiger partial charge >= 0.3 is 0 Å². The molecule has 0 saturated carbocycles. The molecule has 2 aromatic heterocycles. The second-order valence-corrected chi connectivity index (χ2v) is 4.57. The molecule has 2 rings (SSSR count). The first-order valence-electron chi connectivity index (χ1n) is 5.05. The van der Waals surface area contributed by atoms with Crippen molar-refractivity contribution in [1.29, 1.82) is 0 Å². The van der Waals surface area contributed by atoms with Crippen LogP contribution in [0.3, 0.4) is 0 Å². The van der Waals surface area contributed by atoms with Crippen LogP contribution < -0.4 is 5.32 Å². The third-order valence-corrected chi connectivity index (χ3v) is 3.33. The Hall–Kier alpha value is -1.23. The number of hydrogen-bond acceptors (Lipinski definition) is 3. The van der Waals surface area contributed by atoms with Crippen LogP contribution >= 0.6 is 15.9 Å². The van der Waals surface area contributed by atoms with E-state index in [1.165, 1.54) is 0 Å². The SMILES string of the molecule is Cc1nn(C)c(C)c1NCc1occc1Br. The summed E-state index contributed by atoms with van der Waals surface area (Å²) in [6, 6.07) is 1.89. The van der Waals surface area contributed by atoms with Crippen LogP contribution in [-0.2, 0) is 13.6 Å². The van der Waals surface area contributed by atoms with Gasteiger partial charge in [-0.25, -0.2) is 0 Å². The molecule has 0 unspecified atom stereocenters. The Morgan fingerprint density at radius 3 is 2.75 bits per heavy atom. The molecule has 0 aliphatic rings. The molecule has 0 radical (unpaired) electrons. The third kappa shape index (κ3) is 2.00. The fourth-order valence-electron chi connectivity index (χ4n) is 1.65. The van der Waals surface area contributed by atoms with E-state index in [1.54, 1.807) is 6.26 Å². The average Bonchev–Trinajstić information content (AvgIpc) is 2.72. The largest absolute Gasteiger partial charge is 0.466 e. The number of rotatable bonds is 3. The minimum absolute atomic E-state index is 0.654. The molecule has 0 aromatic carbocycles. The van der Waals surface area contributed by atoms with E-state index in [4.69, 9.17) is 4.42 Å². The predicted molar refractivity (Wildman–Crippen MR) is 66.4 cm³/mol. The molecule has 5 heteroatoms. The summed E-state index contributed by atoms with van der Waals surface area (Å²) >= 11 is 3.43. The van der Waals surface area contributed by atoms with Crippen molar-refractivity contribution in [2.45, 2.75) is 20.4 Å². The summed E-state index contributed by atoms with van der Waals surface area (Å²) in [5.41, 5.74) is 3.20. The van der Waals surface area contributed by atoms with Crippen LogP contribution in [0.15, 0.2) is 21.2 Å². The summed E-state index contributed by atoms with van der Waals surface area (Å²) in [6.45, 7) is 4.69. The summed E-state index contributed by atoms with van der Waals surface area (Å²) in [5, 5.41) is 7.68. The maximum atomic E-state index is 5.34. The fraction of sp³-hybridized carbons (Fsp3) is 0.364. The molecule has 4 nitrogen and oxygen atoms in total. The molecule has 0 spiro atoms. The normalized spacial score (nSPS) is 10.8. The Morgan fingerprint density at radius 2 is 2.25 bits per heavy atom. The zero-order chi connectivity index (χ0) is 11.7. The molecule has 0 saturated heterocycles. The van der Waals surface area contributed by atoms with Gasteiger partial charge in [-0.3, -0.25) is 4.68 Å². The average molecular weight is 284 g/mol. The predicted octanol–water partition coefficient (Wildman–Crippen LogP) is 3.00. The van der Waals surface area contributed by atoms with Crippen LogP contribution in [0.2, 0.25) is 0 Å². The van der Waals surface area contributed by atoms with E-state index in [2.05, 4.69) is 26.3 Å². The molecule has 0 atom stereocenters. The minimum Gasteiger partial charge on any atom is -0.466 e. The molecule has 0 fully saturated rings. The smallest absolute Gasteiger partial charge is 0.136 e. The molecule has 1 N–H and O–H groups in total. The van der Waals surface area contributed by atoms with E-state index in [9.17, 15) is 0 Å². The molecule has 0 aliphatic carbocycles. The van der Waals surface area contributed by atoms with Gasteiger partial charge < -0.3 is 9.73 Å². The van der Waals surface area contributed by atoms with Gasteiger partial charge in [-0.2, -0.15) is 5.10 Å². The van der Waals surface area contributed by atoms with Gasteiger partial charge in [0.1, 0.15) is 5.76 Å².